The van der Waals surface area contributed by atoms with Crippen LogP contribution in [0.25, 0.3) is 0 Å². The fourth-order valence-corrected chi connectivity index (χ4v) is 5.25. The van der Waals surface area contributed by atoms with Crippen molar-refractivity contribution >= 4 is 21.9 Å². The van der Waals surface area contributed by atoms with Gasteiger partial charge in [-0.1, -0.05) is 6.42 Å². The summed E-state index contributed by atoms with van der Waals surface area (Å²) in [4.78, 5) is 23.6. The summed E-state index contributed by atoms with van der Waals surface area (Å²) in [7, 11) is -3.67. The molecule has 1 aromatic heterocycles. The van der Waals surface area contributed by atoms with Gasteiger partial charge in [0.15, 0.2) is 5.76 Å². The van der Waals surface area contributed by atoms with E-state index in [1.54, 1.807) is 0 Å². The van der Waals surface area contributed by atoms with Crippen molar-refractivity contribution in [3.05, 3.63) is 17.6 Å². The lowest BCUT2D eigenvalue weighted by Gasteiger charge is -2.16. The number of carboxylic acid groups (broad SMARTS) is 1. The number of sulfonamides is 1. The summed E-state index contributed by atoms with van der Waals surface area (Å²) in [5.74, 6) is -2.07. The third kappa shape index (κ3) is 3.43. The minimum atomic E-state index is -3.67. The maximum absolute atomic E-state index is 12.6. The van der Waals surface area contributed by atoms with E-state index in [0.29, 0.717) is 25.9 Å². The molecule has 9 heteroatoms. The topological polar surface area (TPSA) is 117 Å². The molecule has 25 heavy (non-hydrogen) atoms. The molecule has 0 radical (unpaired) electrons. The second-order valence-corrected chi connectivity index (χ2v) is 8.50. The standard InChI is InChI=1S/C16H22N2O6S/c1-10-14(25(22,23)18-7-2-3-8-18)9-13(24-10)15(19)17-12-6-4-5-11(12)16(20)21/h9,11-12H,2-8H2,1H3,(H,17,19)(H,20,21)/t11-,12+/m0/s1. The smallest absolute Gasteiger partial charge is 0.308 e. The van der Waals surface area contributed by atoms with Gasteiger partial charge in [0, 0.05) is 25.2 Å². The van der Waals surface area contributed by atoms with E-state index in [-0.39, 0.29) is 16.4 Å². The summed E-state index contributed by atoms with van der Waals surface area (Å²) < 4.78 is 32.0. The molecule has 1 amide bonds. The van der Waals surface area contributed by atoms with Crippen molar-refractivity contribution in [2.24, 2.45) is 5.92 Å². The van der Waals surface area contributed by atoms with E-state index in [1.807, 2.05) is 0 Å². The number of furan rings is 1. The summed E-state index contributed by atoms with van der Waals surface area (Å²) in [6.07, 6.45) is 3.48. The summed E-state index contributed by atoms with van der Waals surface area (Å²) in [5.41, 5.74) is 0. The molecule has 0 unspecified atom stereocenters. The molecule has 0 spiro atoms. The predicted molar refractivity (Wildman–Crippen MR) is 87.7 cm³/mol. The Morgan fingerprint density at radius 2 is 1.92 bits per heavy atom. The largest absolute Gasteiger partial charge is 0.481 e. The van der Waals surface area contributed by atoms with E-state index in [9.17, 15) is 23.1 Å². The summed E-state index contributed by atoms with van der Waals surface area (Å²) in [5, 5.41) is 11.8. The van der Waals surface area contributed by atoms with Crippen LogP contribution < -0.4 is 5.32 Å². The van der Waals surface area contributed by atoms with Crippen molar-refractivity contribution < 1.29 is 27.5 Å². The van der Waals surface area contributed by atoms with E-state index in [0.717, 1.165) is 19.3 Å². The molecule has 2 fully saturated rings. The van der Waals surface area contributed by atoms with Gasteiger partial charge in [0.1, 0.15) is 10.7 Å². The first-order valence-corrected chi connectivity index (χ1v) is 9.89. The molecular formula is C16H22N2O6S. The summed E-state index contributed by atoms with van der Waals surface area (Å²) in [6.45, 7) is 2.45. The van der Waals surface area contributed by atoms with Gasteiger partial charge in [0.25, 0.3) is 5.91 Å². The fraction of sp³-hybridized carbons (Fsp3) is 0.625. The van der Waals surface area contributed by atoms with Gasteiger partial charge in [-0.15, -0.1) is 0 Å². The third-order valence-electron chi connectivity index (χ3n) is 4.93. The highest BCUT2D eigenvalue weighted by molar-refractivity contribution is 7.89. The number of carboxylic acids is 1. The van der Waals surface area contributed by atoms with Crippen molar-refractivity contribution in [2.75, 3.05) is 13.1 Å². The van der Waals surface area contributed by atoms with Gasteiger partial charge >= 0.3 is 5.97 Å². The zero-order chi connectivity index (χ0) is 18.2. The Hall–Kier alpha value is -1.87. The van der Waals surface area contributed by atoms with Gasteiger partial charge in [-0.05, 0) is 32.6 Å². The molecule has 2 atom stereocenters. The Morgan fingerprint density at radius 1 is 1.24 bits per heavy atom. The zero-order valence-corrected chi connectivity index (χ0v) is 14.8. The van der Waals surface area contributed by atoms with Gasteiger partial charge in [-0.25, -0.2) is 8.42 Å². The van der Waals surface area contributed by atoms with Crippen LogP contribution in [0.2, 0.25) is 0 Å². The lowest BCUT2D eigenvalue weighted by Crippen LogP contribution is -2.40. The quantitative estimate of drug-likeness (QED) is 0.808. The monoisotopic (exact) mass is 370 g/mol. The van der Waals surface area contributed by atoms with Gasteiger partial charge in [0.05, 0.1) is 5.92 Å². The van der Waals surface area contributed by atoms with Crippen molar-refractivity contribution in [3.63, 3.8) is 0 Å². The fourth-order valence-electron chi connectivity index (χ4n) is 3.57. The Kier molecular flexibility index (Phi) is 4.88. The van der Waals surface area contributed by atoms with Gasteiger partial charge in [-0.2, -0.15) is 4.31 Å². The Bertz CT molecular complexity index is 779. The summed E-state index contributed by atoms with van der Waals surface area (Å²) in [6, 6.07) is 0.775. The minimum absolute atomic E-state index is 0.000700. The van der Waals surface area contributed by atoms with Crippen LogP contribution in [0.4, 0.5) is 0 Å². The number of hydrogen-bond donors (Lipinski definition) is 2. The number of aliphatic carboxylic acids is 1. The first-order valence-electron chi connectivity index (χ1n) is 8.45. The Balaban J connectivity index is 1.78. The zero-order valence-electron chi connectivity index (χ0n) is 14.0. The predicted octanol–water partition coefficient (Wildman–Crippen LogP) is 1.36. The first-order chi connectivity index (χ1) is 11.8. The van der Waals surface area contributed by atoms with Gasteiger partial charge in [-0.3, -0.25) is 9.59 Å². The van der Waals surface area contributed by atoms with Gasteiger partial charge in [0.2, 0.25) is 10.0 Å². The van der Waals surface area contributed by atoms with Crippen LogP contribution in [0.1, 0.15) is 48.4 Å². The second-order valence-electron chi connectivity index (χ2n) is 6.60. The maximum atomic E-state index is 12.6. The molecule has 1 saturated heterocycles. The number of carbonyl (C=O) groups excluding carboxylic acids is 1. The average molecular weight is 370 g/mol. The SMILES string of the molecule is Cc1oc(C(=O)N[C@@H]2CCC[C@@H]2C(=O)O)cc1S(=O)(=O)N1CCCC1. The normalized spacial score (nSPS) is 24.5. The second kappa shape index (κ2) is 6.80. The molecule has 1 aromatic rings. The van der Waals surface area contributed by atoms with Crippen LogP contribution in [0, 0.1) is 12.8 Å². The lowest BCUT2D eigenvalue weighted by molar-refractivity contribution is -0.142. The van der Waals surface area contributed by atoms with Crippen LogP contribution in [-0.4, -0.2) is 48.8 Å². The van der Waals surface area contributed by atoms with E-state index < -0.39 is 33.9 Å². The third-order valence-corrected chi connectivity index (χ3v) is 6.93. The minimum Gasteiger partial charge on any atom is -0.481 e. The molecule has 1 saturated carbocycles. The highest BCUT2D eigenvalue weighted by Gasteiger charge is 2.36. The van der Waals surface area contributed by atoms with Crippen molar-refractivity contribution in [1.82, 2.24) is 9.62 Å². The molecule has 3 rings (SSSR count). The molecule has 0 aromatic carbocycles. The average Bonchev–Trinajstić information content (AvgIpc) is 3.27. The molecule has 2 aliphatic rings. The van der Waals surface area contributed by atoms with E-state index in [4.69, 9.17) is 4.42 Å². The number of amides is 1. The van der Waals surface area contributed by atoms with Crippen molar-refractivity contribution in [1.29, 1.82) is 0 Å². The van der Waals surface area contributed by atoms with E-state index >= 15 is 0 Å². The number of rotatable bonds is 5. The van der Waals surface area contributed by atoms with Crippen LogP contribution in [0.15, 0.2) is 15.4 Å². The summed E-state index contributed by atoms with van der Waals surface area (Å²) >= 11 is 0. The molecule has 1 aliphatic heterocycles. The number of aryl methyl sites for hydroxylation is 1. The van der Waals surface area contributed by atoms with Crippen molar-refractivity contribution in [3.8, 4) is 0 Å². The van der Waals surface area contributed by atoms with Crippen molar-refractivity contribution in [2.45, 2.75) is 50.0 Å². The maximum Gasteiger partial charge on any atom is 0.308 e. The Morgan fingerprint density at radius 3 is 2.56 bits per heavy atom. The molecule has 2 heterocycles. The van der Waals surface area contributed by atoms with Gasteiger partial charge < -0.3 is 14.8 Å². The number of nitrogens with zero attached hydrogens (tertiary/aromatic N) is 1. The number of nitrogens with one attached hydrogen (secondary N) is 1. The van der Waals surface area contributed by atoms with Crippen LogP contribution in [0.3, 0.4) is 0 Å². The molecule has 1 aliphatic carbocycles. The van der Waals surface area contributed by atoms with Crippen LogP contribution in [0.5, 0.6) is 0 Å². The molecule has 2 N–H and O–H groups in total. The molecule has 0 bridgehead atoms. The molecular weight excluding hydrogens is 348 g/mol. The van der Waals surface area contributed by atoms with E-state index in [1.165, 1.54) is 17.3 Å². The number of carbonyl (C=O) groups is 2. The highest BCUT2D eigenvalue weighted by atomic mass is 32.2. The molecule has 8 nitrogen and oxygen atoms in total. The lowest BCUT2D eigenvalue weighted by atomic mass is 10.0. The Labute approximate surface area is 146 Å². The van der Waals surface area contributed by atoms with E-state index in [2.05, 4.69) is 5.32 Å². The highest BCUT2D eigenvalue weighted by Crippen LogP contribution is 2.28. The van der Waals surface area contributed by atoms with Crippen LogP contribution >= 0.6 is 0 Å². The number of hydrogen-bond acceptors (Lipinski definition) is 5. The molecule has 138 valence electrons. The van der Waals surface area contributed by atoms with Crippen LogP contribution in [-0.2, 0) is 14.8 Å². The first kappa shape index (κ1) is 17.9.